The predicted octanol–water partition coefficient (Wildman–Crippen LogP) is 4.22. The number of fused-ring (bicyclic) bond motifs is 1. The molecule has 0 unspecified atom stereocenters. The molecule has 1 aromatic carbocycles. The zero-order chi connectivity index (χ0) is 18.7. The number of ketones is 2. The minimum Gasteiger partial charge on any atom is -0.508 e. The Labute approximate surface area is 146 Å². The van der Waals surface area contributed by atoms with Crippen molar-refractivity contribution in [3.05, 3.63) is 52.1 Å². The Morgan fingerprint density at radius 1 is 1.00 bits per heavy atom. The minimum absolute atomic E-state index is 0.0416. The summed E-state index contributed by atoms with van der Waals surface area (Å²) in [4.78, 5) is 24.5. The molecule has 0 saturated carbocycles. The van der Waals surface area contributed by atoms with Gasteiger partial charge in [0.1, 0.15) is 17.3 Å². The number of aliphatic hydroxyl groups is 1. The van der Waals surface area contributed by atoms with E-state index in [-0.39, 0.29) is 28.9 Å². The van der Waals surface area contributed by atoms with Gasteiger partial charge in [0.05, 0.1) is 5.56 Å². The zero-order valence-electron chi connectivity index (χ0n) is 14.6. The number of benzene rings is 1. The molecule has 0 spiro atoms. The molecule has 2 rings (SSSR count). The first kappa shape index (κ1) is 18.5. The maximum absolute atomic E-state index is 12.3. The molecule has 1 aliphatic carbocycles. The Morgan fingerprint density at radius 2 is 1.68 bits per heavy atom. The summed E-state index contributed by atoms with van der Waals surface area (Å²) in [6.07, 6.45) is 5.72. The highest BCUT2D eigenvalue weighted by Crippen LogP contribution is 2.38. The van der Waals surface area contributed by atoms with Crippen LogP contribution in [0.25, 0.3) is 5.76 Å². The Bertz CT molecular complexity index is 821. The summed E-state index contributed by atoms with van der Waals surface area (Å²) >= 11 is 0. The van der Waals surface area contributed by atoms with Gasteiger partial charge in [-0.25, -0.2) is 0 Å². The summed E-state index contributed by atoms with van der Waals surface area (Å²) in [5.74, 6) is -2.85. The number of Topliss-reactive ketones (excluding diaryl/α,β-unsaturated/α-hetero) is 2. The Hall–Kier alpha value is -2.82. The van der Waals surface area contributed by atoms with Gasteiger partial charge in [0.25, 0.3) is 0 Å². The van der Waals surface area contributed by atoms with Gasteiger partial charge in [0.15, 0.2) is 0 Å². The first-order valence-corrected chi connectivity index (χ1v) is 8.08. The lowest BCUT2D eigenvalue weighted by atomic mass is 9.86. The fraction of sp³-hybridized carbons (Fsp3) is 0.300. The van der Waals surface area contributed by atoms with Gasteiger partial charge in [-0.1, -0.05) is 23.3 Å². The van der Waals surface area contributed by atoms with Crippen LogP contribution in [0.1, 0.15) is 56.0 Å². The third-order valence-electron chi connectivity index (χ3n) is 4.10. The molecule has 0 atom stereocenters. The monoisotopic (exact) mass is 342 g/mol. The van der Waals surface area contributed by atoms with E-state index in [2.05, 4.69) is 6.08 Å². The lowest BCUT2D eigenvalue weighted by Gasteiger charge is -2.18. The van der Waals surface area contributed by atoms with E-state index in [4.69, 9.17) is 0 Å². The molecule has 0 fully saturated rings. The van der Waals surface area contributed by atoms with Crippen LogP contribution in [-0.2, 0) is 4.79 Å². The number of hydrogen-bond donors (Lipinski definition) is 3. The second kappa shape index (κ2) is 7.38. The van der Waals surface area contributed by atoms with Crippen molar-refractivity contribution in [3.63, 3.8) is 0 Å². The highest BCUT2D eigenvalue weighted by atomic mass is 16.3. The Balaban J connectivity index is 2.32. The van der Waals surface area contributed by atoms with Crippen LogP contribution in [0, 0.1) is 0 Å². The number of rotatable bonds is 5. The summed E-state index contributed by atoms with van der Waals surface area (Å²) in [6, 6.07) is 2.10. The molecular weight excluding hydrogens is 320 g/mol. The number of carbonyl (C=O) groups is 2. The van der Waals surface area contributed by atoms with E-state index in [1.54, 1.807) is 6.08 Å². The van der Waals surface area contributed by atoms with Crippen molar-refractivity contribution in [3.8, 4) is 11.5 Å². The summed E-state index contributed by atoms with van der Waals surface area (Å²) in [7, 11) is 0. The van der Waals surface area contributed by atoms with Crippen LogP contribution in [0.2, 0.25) is 0 Å². The predicted molar refractivity (Wildman–Crippen MR) is 95.7 cm³/mol. The molecule has 0 aliphatic heterocycles. The highest BCUT2D eigenvalue weighted by Gasteiger charge is 2.34. The number of aliphatic hydroxyl groups excluding tert-OH is 1. The van der Waals surface area contributed by atoms with Gasteiger partial charge in [-0.05, 0) is 46.1 Å². The maximum Gasteiger partial charge on any atom is 0.234 e. The summed E-state index contributed by atoms with van der Waals surface area (Å²) < 4.78 is 0. The zero-order valence-corrected chi connectivity index (χ0v) is 14.6. The minimum atomic E-state index is -0.843. The van der Waals surface area contributed by atoms with Gasteiger partial charge >= 0.3 is 0 Å². The summed E-state index contributed by atoms with van der Waals surface area (Å²) in [6.45, 7) is 5.97. The van der Waals surface area contributed by atoms with Crippen molar-refractivity contribution in [1.82, 2.24) is 0 Å². The first-order chi connectivity index (χ1) is 11.7. The Morgan fingerprint density at radius 3 is 2.32 bits per heavy atom. The molecule has 0 aromatic heterocycles. The van der Waals surface area contributed by atoms with Crippen molar-refractivity contribution in [1.29, 1.82) is 0 Å². The molecule has 25 heavy (non-hydrogen) atoms. The van der Waals surface area contributed by atoms with Crippen molar-refractivity contribution >= 4 is 17.3 Å². The third-order valence-corrected chi connectivity index (χ3v) is 4.10. The standard InChI is InChI=1S/C20H22O5/c1-11(2)5-4-6-12(3)7-8-14-18(23)17-15(20(25)19(14)24)9-13(21)10-16(17)22/h5,7,9-10,21-23H,4,6,8H2,1-3H3/b12-7+. The van der Waals surface area contributed by atoms with Crippen LogP contribution in [0.4, 0.5) is 0 Å². The van der Waals surface area contributed by atoms with Gasteiger partial charge < -0.3 is 15.3 Å². The topological polar surface area (TPSA) is 94.8 Å². The van der Waals surface area contributed by atoms with Gasteiger partial charge in [-0.2, -0.15) is 0 Å². The van der Waals surface area contributed by atoms with Gasteiger partial charge in [-0.3, -0.25) is 9.59 Å². The molecule has 0 radical (unpaired) electrons. The molecule has 3 N–H and O–H groups in total. The fourth-order valence-corrected chi connectivity index (χ4v) is 2.71. The molecule has 0 heterocycles. The smallest absolute Gasteiger partial charge is 0.234 e. The number of carbonyl (C=O) groups excluding carboxylic acids is 2. The van der Waals surface area contributed by atoms with Crippen molar-refractivity contribution in [2.75, 3.05) is 0 Å². The average Bonchev–Trinajstić information content (AvgIpc) is 2.51. The second-order valence-corrected chi connectivity index (χ2v) is 6.45. The molecule has 1 aromatic rings. The van der Waals surface area contributed by atoms with Crippen molar-refractivity contribution in [2.45, 2.75) is 40.0 Å². The summed E-state index contributed by atoms with van der Waals surface area (Å²) in [5.41, 5.74) is 1.94. The van der Waals surface area contributed by atoms with Crippen LogP contribution in [-0.4, -0.2) is 26.9 Å². The third kappa shape index (κ3) is 3.99. The first-order valence-electron chi connectivity index (χ1n) is 8.08. The molecule has 0 amide bonds. The van der Waals surface area contributed by atoms with Crippen molar-refractivity contribution in [2.24, 2.45) is 0 Å². The van der Waals surface area contributed by atoms with Crippen LogP contribution in [0.5, 0.6) is 11.5 Å². The molecular formula is C20H22O5. The van der Waals surface area contributed by atoms with Crippen molar-refractivity contribution < 1.29 is 24.9 Å². The molecule has 132 valence electrons. The quantitative estimate of drug-likeness (QED) is 0.550. The van der Waals surface area contributed by atoms with E-state index in [0.717, 1.165) is 30.5 Å². The van der Waals surface area contributed by atoms with Crippen LogP contribution >= 0.6 is 0 Å². The van der Waals surface area contributed by atoms with Crippen LogP contribution < -0.4 is 0 Å². The lowest BCUT2D eigenvalue weighted by Crippen LogP contribution is -2.24. The summed E-state index contributed by atoms with van der Waals surface area (Å²) in [5, 5.41) is 29.8. The number of aromatic hydroxyl groups is 2. The number of phenolic OH excluding ortho intramolecular Hbond substituents is 2. The lowest BCUT2D eigenvalue weighted by molar-refractivity contribution is -0.112. The van der Waals surface area contributed by atoms with E-state index in [9.17, 15) is 24.9 Å². The normalized spacial score (nSPS) is 14.6. The SMILES string of the molecule is CC(C)=CCC/C(C)=C/CC1=C(O)c2c(O)cc(O)cc2C(=O)C1=O. The molecule has 0 bridgehead atoms. The number of hydrogen-bond acceptors (Lipinski definition) is 5. The maximum atomic E-state index is 12.3. The highest BCUT2D eigenvalue weighted by molar-refractivity contribution is 6.52. The number of allylic oxidation sites excluding steroid dienone is 5. The van der Waals surface area contributed by atoms with E-state index in [1.807, 2.05) is 20.8 Å². The van der Waals surface area contributed by atoms with Crippen LogP contribution in [0.3, 0.4) is 0 Å². The molecule has 1 aliphatic rings. The van der Waals surface area contributed by atoms with Crippen LogP contribution in [0.15, 0.2) is 41.0 Å². The number of phenols is 2. The molecule has 5 heteroatoms. The van der Waals surface area contributed by atoms with E-state index < -0.39 is 23.1 Å². The van der Waals surface area contributed by atoms with Gasteiger partial charge in [-0.15, -0.1) is 0 Å². The second-order valence-electron chi connectivity index (χ2n) is 6.45. The largest absolute Gasteiger partial charge is 0.508 e. The Kier molecular flexibility index (Phi) is 5.47. The van der Waals surface area contributed by atoms with E-state index >= 15 is 0 Å². The van der Waals surface area contributed by atoms with E-state index in [0.29, 0.717) is 0 Å². The molecule has 5 nitrogen and oxygen atoms in total. The average molecular weight is 342 g/mol. The fourth-order valence-electron chi connectivity index (χ4n) is 2.71. The van der Waals surface area contributed by atoms with Gasteiger partial charge in [0, 0.05) is 17.2 Å². The van der Waals surface area contributed by atoms with Gasteiger partial charge in [0.2, 0.25) is 11.6 Å². The van der Waals surface area contributed by atoms with E-state index in [1.165, 1.54) is 5.57 Å². The molecule has 0 saturated heterocycles.